The summed E-state index contributed by atoms with van der Waals surface area (Å²) in [6, 6.07) is 6.54. The molecule has 1 saturated heterocycles. The minimum absolute atomic E-state index is 0.0700. The molecule has 0 saturated carbocycles. The molecule has 5 nitrogen and oxygen atoms in total. The minimum Gasteiger partial charge on any atom is -0.480 e. The van der Waals surface area contributed by atoms with Crippen LogP contribution >= 0.6 is 15.9 Å². The molecule has 1 aromatic rings. The number of rotatable bonds is 5. The van der Waals surface area contributed by atoms with E-state index in [9.17, 15) is 18.3 Å². The third-order valence-corrected chi connectivity index (χ3v) is 6.33. The SMILES string of the molecule is O=C(O)C1CCCCN1S(=O)(=O)CCc1ccccc1Br. The van der Waals surface area contributed by atoms with Crippen molar-refractivity contribution in [2.45, 2.75) is 31.7 Å². The maximum atomic E-state index is 12.4. The van der Waals surface area contributed by atoms with E-state index in [1.54, 1.807) is 0 Å². The van der Waals surface area contributed by atoms with Crippen LogP contribution in [0, 0.1) is 0 Å². The first kappa shape index (κ1) is 16.5. The molecular formula is C14H18BrNO4S. The van der Waals surface area contributed by atoms with Gasteiger partial charge in [0.25, 0.3) is 0 Å². The summed E-state index contributed by atoms with van der Waals surface area (Å²) in [4.78, 5) is 11.2. The van der Waals surface area contributed by atoms with Crippen molar-refractivity contribution in [3.05, 3.63) is 34.3 Å². The number of hydrogen-bond donors (Lipinski definition) is 1. The second-order valence-corrected chi connectivity index (χ2v) is 8.01. The van der Waals surface area contributed by atoms with Crippen LogP contribution in [0.25, 0.3) is 0 Å². The molecule has 0 bridgehead atoms. The smallest absolute Gasteiger partial charge is 0.322 e. The van der Waals surface area contributed by atoms with Gasteiger partial charge < -0.3 is 5.11 Å². The number of halogens is 1. The van der Waals surface area contributed by atoms with Crippen LogP contribution in [-0.4, -0.2) is 42.1 Å². The Kier molecular flexibility index (Phi) is 5.40. The predicted octanol–water partition coefficient (Wildman–Crippen LogP) is 2.26. The monoisotopic (exact) mass is 375 g/mol. The molecule has 7 heteroatoms. The summed E-state index contributed by atoms with van der Waals surface area (Å²) in [6.07, 6.45) is 2.24. The summed E-state index contributed by atoms with van der Waals surface area (Å²) in [5.74, 6) is -1.13. The molecule has 21 heavy (non-hydrogen) atoms. The van der Waals surface area contributed by atoms with Crippen molar-refractivity contribution >= 4 is 31.9 Å². The quantitative estimate of drug-likeness (QED) is 0.856. The van der Waals surface area contributed by atoms with E-state index in [-0.39, 0.29) is 5.75 Å². The number of aryl methyl sites for hydroxylation is 1. The van der Waals surface area contributed by atoms with Crippen LogP contribution in [0.1, 0.15) is 24.8 Å². The second kappa shape index (κ2) is 6.89. The van der Waals surface area contributed by atoms with Gasteiger partial charge in [0, 0.05) is 11.0 Å². The van der Waals surface area contributed by atoms with E-state index in [0.717, 1.165) is 27.2 Å². The molecule has 0 aliphatic carbocycles. The summed E-state index contributed by atoms with van der Waals surface area (Å²) in [6.45, 7) is 0.301. The topological polar surface area (TPSA) is 74.7 Å². The number of piperidine rings is 1. The Balaban J connectivity index is 2.10. The van der Waals surface area contributed by atoms with Crippen molar-refractivity contribution in [1.29, 1.82) is 0 Å². The van der Waals surface area contributed by atoms with E-state index in [2.05, 4.69) is 15.9 Å². The Labute approximate surface area is 133 Å². The predicted molar refractivity (Wildman–Crippen MR) is 83.6 cm³/mol. The highest BCUT2D eigenvalue weighted by atomic mass is 79.9. The van der Waals surface area contributed by atoms with E-state index in [4.69, 9.17) is 0 Å². The number of carboxylic acid groups (broad SMARTS) is 1. The van der Waals surface area contributed by atoms with E-state index in [1.165, 1.54) is 0 Å². The van der Waals surface area contributed by atoms with Gasteiger partial charge in [0.2, 0.25) is 10.0 Å². The van der Waals surface area contributed by atoms with Crippen molar-refractivity contribution < 1.29 is 18.3 Å². The number of benzene rings is 1. The van der Waals surface area contributed by atoms with Crippen LogP contribution in [0.5, 0.6) is 0 Å². The fourth-order valence-corrected chi connectivity index (χ4v) is 4.73. The molecule has 0 amide bonds. The molecule has 0 aromatic heterocycles. The third kappa shape index (κ3) is 4.05. The summed E-state index contributed by atoms with van der Waals surface area (Å²) in [7, 11) is -3.56. The lowest BCUT2D eigenvalue weighted by Gasteiger charge is -2.31. The number of carbonyl (C=O) groups is 1. The van der Waals surface area contributed by atoms with Gasteiger partial charge in [0.05, 0.1) is 5.75 Å². The normalized spacial score (nSPS) is 20.3. The van der Waals surface area contributed by atoms with E-state index in [1.807, 2.05) is 24.3 Å². The highest BCUT2D eigenvalue weighted by molar-refractivity contribution is 9.10. The first-order chi connectivity index (χ1) is 9.92. The molecule has 1 heterocycles. The van der Waals surface area contributed by atoms with Crippen LogP contribution in [0.3, 0.4) is 0 Å². The largest absolute Gasteiger partial charge is 0.480 e. The Morgan fingerprint density at radius 1 is 1.33 bits per heavy atom. The maximum Gasteiger partial charge on any atom is 0.322 e. The average Bonchev–Trinajstić information content (AvgIpc) is 2.46. The van der Waals surface area contributed by atoms with Crippen LogP contribution in [0.2, 0.25) is 0 Å². The minimum atomic E-state index is -3.56. The third-order valence-electron chi connectivity index (χ3n) is 3.68. The number of hydrogen-bond acceptors (Lipinski definition) is 3. The molecule has 1 N–H and O–H groups in total. The van der Waals surface area contributed by atoms with E-state index in [0.29, 0.717) is 19.4 Å². The number of aliphatic carboxylic acids is 1. The lowest BCUT2D eigenvalue weighted by atomic mass is 10.1. The molecule has 1 aliphatic rings. The van der Waals surface area contributed by atoms with Crippen LogP contribution in [-0.2, 0) is 21.2 Å². The van der Waals surface area contributed by atoms with E-state index >= 15 is 0 Å². The maximum absolute atomic E-state index is 12.4. The Morgan fingerprint density at radius 3 is 2.71 bits per heavy atom. The molecular weight excluding hydrogens is 358 g/mol. The zero-order chi connectivity index (χ0) is 15.5. The highest BCUT2D eigenvalue weighted by Crippen LogP contribution is 2.23. The second-order valence-electron chi connectivity index (χ2n) is 5.12. The molecule has 0 spiro atoms. The summed E-state index contributed by atoms with van der Waals surface area (Å²) in [5, 5.41) is 9.19. The highest BCUT2D eigenvalue weighted by Gasteiger charge is 2.36. The van der Waals surface area contributed by atoms with Crippen molar-refractivity contribution in [1.82, 2.24) is 4.31 Å². The molecule has 1 fully saturated rings. The number of nitrogens with zero attached hydrogens (tertiary/aromatic N) is 1. The number of sulfonamides is 1. The average molecular weight is 376 g/mol. The Morgan fingerprint density at radius 2 is 2.05 bits per heavy atom. The van der Waals surface area contributed by atoms with Gasteiger partial charge in [-0.3, -0.25) is 4.79 Å². The van der Waals surface area contributed by atoms with Crippen molar-refractivity contribution in [3.8, 4) is 0 Å². The summed E-state index contributed by atoms with van der Waals surface area (Å²) < 4.78 is 26.9. The summed E-state index contributed by atoms with van der Waals surface area (Å²) >= 11 is 3.39. The number of carboxylic acids is 1. The van der Waals surface area contributed by atoms with Gasteiger partial charge >= 0.3 is 5.97 Å². The molecule has 1 atom stereocenters. The molecule has 1 unspecified atom stereocenters. The lowest BCUT2D eigenvalue weighted by molar-refractivity contribution is -0.142. The van der Waals surface area contributed by atoms with Crippen molar-refractivity contribution in [3.63, 3.8) is 0 Å². The summed E-state index contributed by atoms with van der Waals surface area (Å²) in [5.41, 5.74) is 0.907. The van der Waals surface area contributed by atoms with Crippen molar-refractivity contribution in [2.75, 3.05) is 12.3 Å². The zero-order valence-electron chi connectivity index (χ0n) is 11.5. The van der Waals surface area contributed by atoms with Crippen LogP contribution in [0.4, 0.5) is 0 Å². The standard InChI is InChI=1S/C14H18BrNO4S/c15-12-6-2-1-5-11(12)8-10-21(19,20)16-9-4-3-7-13(16)14(17)18/h1-2,5-6,13H,3-4,7-10H2,(H,17,18). The van der Waals surface area contributed by atoms with Gasteiger partial charge in [-0.15, -0.1) is 0 Å². The van der Waals surface area contributed by atoms with Crippen molar-refractivity contribution in [2.24, 2.45) is 0 Å². The molecule has 116 valence electrons. The van der Waals surface area contributed by atoms with Gasteiger partial charge in [0.1, 0.15) is 6.04 Å². The first-order valence-corrected chi connectivity index (χ1v) is 9.28. The lowest BCUT2D eigenvalue weighted by Crippen LogP contribution is -2.48. The first-order valence-electron chi connectivity index (χ1n) is 6.87. The molecule has 1 aromatic carbocycles. The van der Waals surface area contributed by atoms with E-state index < -0.39 is 22.0 Å². The molecule has 1 aliphatic heterocycles. The van der Waals surface area contributed by atoms with Gasteiger partial charge in [-0.25, -0.2) is 8.42 Å². The fourth-order valence-electron chi connectivity index (χ4n) is 2.54. The van der Waals surface area contributed by atoms with Gasteiger partial charge in [0.15, 0.2) is 0 Å². The molecule has 2 rings (SSSR count). The van der Waals surface area contributed by atoms with Gasteiger partial charge in [-0.1, -0.05) is 34.1 Å². The van der Waals surface area contributed by atoms with Crippen LogP contribution < -0.4 is 0 Å². The fraction of sp³-hybridized carbons (Fsp3) is 0.500. The van der Waals surface area contributed by atoms with Gasteiger partial charge in [-0.2, -0.15) is 4.31 Å². The van der Waals surface area contributed by atoms with Crippen LogP contribution in [0.15, 0.2) is 28.7 Å². The van der Waals surface area contributed by atoms with Gasteiger partial charge in [-0.05, 0) is 37.3 Å². The Bertz CT molecular complexity index is 617. The molecule has 0 radical (unpaired) electrons. The zero-order valence-corrected chi connectivity index (χ0v) is 13.9. The Hall–Kier alpha value is -0.920.